The maximum absolute atomic E-state index is 11.3. The molecule has 1 heterocycles. The van der Waals surface area contributed by atoms with Crippen LogP contribution < -0.4 is 15.4 Å². The van der Waals surface area contributed by atoms with E-state index in [1.54, 1.807) is 24.3 Å². The summed E-state index contributed by atoms with van der Waals surface area (Å²) in [6, 6.07) is 8.47. The first-order valence-electron chi connectivity index (χ1n) is 6.36. The number of nitrogens with one attached hydrogen (secondary N) is 2. The standard InChI is InChI=1S/C15H14N2O4/c1-21-11-6-5-8(7-18)12-14(11)17-13-9(15(19)20)3-2-4-10(13)16-12/h2-6,16-18H,7H2,1H3,(H,19,20). The molecule has 0 bridgehead atoms. The first-order chi connectivity index (χ1) is 10.2. The molecule has 0 unspecified atom stereocenters. The molecule has 0 spiro atoms. The third-order valence-electron chi connectivity index (χ3n) is 3.45. The van der Waals surface area contributed by atoms with Gasteiger partial charge >= 0.3 is 5.97 Å². The monoisotopic (exact) mass is 286 g/mol. The van der Waals surface area contributed by atoms with Gasteiger partial charge in [-0.1, -0.05) is 12.1 Å². The van der Waals surface area contributed by atoms with E-state index in [2.05, 4.69) is 10.6 Å². The number of hydrogen-bond donors (Lipinski definition) is 4. The average Bonchev–Trinajstić information content (AvgIpc) is 2.51. The minimum absolute atomic E-state index is 0.130. The van der Waals surface area contributed by atoms with E-state index in [1.165, 1.54) is 13.2 Å². The van der Waals surface area contributed by atoms with E-state index in [-0.39, 0.29) is 12.2 Å². The first-order valence-corrected chi connectivity index (χ1v) is 6.36. The topological polar surface area (TPSA) is 90.8 Å². The molecule has 0 atom stereocenters. The van der Waals surface area contributed by atoms with Crippen molar-refractivity contribution in [2.75, 3.05) is 17.7 Å². The summed E-state index contributed by atoms with van der Waals surface area (Å²) in [4.78, 5) is 11.3. The van der Waals surface area contributed by atoms with Crippen molar-refractivity contribution in [1.82, 2.24) is 0 Å². The van der Waals surface area contributed by atoms with Gasteiger partial charge in [0.15, 0.2) is 0 Å². The van der Waals surface area contributed by atoms with Gasteiger partial charge in [-0.25, -0.2) is 4.79 Å². The summed E-state index contributed by atoms with van der Waals surface area (Å²) < 4.78 is 5.30. The highest BCUT2D eigenvalue weighted by atomic mass is 16.5. The molecular weight excluding hydrogens is 272 g/mol. The van der Waals surface area contributed by atoms with E-state index in [0.29, 0.717) is 34.1 Å². The lowest BCUT2D eigenvalue weighted by molar-refractivity contribution is 0.0698. The zero-order chi connectivity index (χ0) is 15.0. The Hall–Kier alpha value is -2.73. The fraction of sp³-hybridized carbons (Fsp3) is 0.133. The molecule has 0 saturated heterocycles. The number of fused-ring (bicyclic) bond motifs is 2. The molecule has 2 aromatic rings. The Labute approximate surface area is 121 Å². The zero-order valence-electron chi connectivity index (χ0n) is 11.3. The van der Waals surface area contributed by atoms with Gasteiger partial charge in [0.1, 0.15) is 11.4 Å². The number of aliphatic hydroxyl groups excluding tert-OH is 1. The molecule has 0 saturated carbocycles. The van der Waals surface area contributed by atoms with Crippen LogP contribution in [0, 0.1) is 0 Å². The Morgan fingerprint density at radius 3 is 2.62 bits per heavy atom. The predicted octanol–water partition coefficient (Wildman–Crippen LogP) is 2.69. The molecule has 1 aliphatic heterocycles. The van der Waals surface area contributed by atoms with Crippen LogP contribution in [0.4, 0.5) is 22.7 Å². The summed E-state index contributed by atoms with van der Waals surface area (Å²) in [5.74, 6) is -0.442. The number of hydrogen-bond acceptors (Lipinski definition) is 5. The number of benzene rings is 2. The Kier molecular flexibility index (Phi) is 3.15. The summed E-state index contributed by atoms with van der Waals surface area (Å²) >= 11 is 0. The molecule has 0 amide bonds. The van der Waals surface area contributed by atoms with Gasteiger partial charge < -0.3 is 25.6 Å². The number of carbonyl (C=O) groups is 1. The third-order valence-corrected chi connectivity index (χ3v) is 3.45. The van der Waals surface area contributed by atoms with Crippen molar-refractivity contribution in [3.63, 3.8) is 0 Å². The largest absolute Gasteiger partial charge is 0.494 e. The van der Waals surface area contributed by atoms with E-state index in [0.717, 1.165) is 0 Å². The maximum Gasteiger partial charge on any atom is 0.337 e. The molecule has 6 heteroatoms. The lowest BCUT2D eigenvalue weighted by Gasteiger charge is -2.27. The van der Waals surface area contributed by atoms with Crippen LogP contribution in [0.3, 0.4) is 0 Å². The van der Waals surface area contributed by atoms with E-state index in [4.69, 9.17) is 4.74 Å². The van der Waals surface area contributed by atoms with Crippen molar-refractivity contribution in [1.29, 1.82) is 0 Å². The summed E-state index contributed by atoms with van der Waals surface area (Å²) in [7, 11) is 1.54. The van der Waals surface area contributed by atoms with Crippen molar-refractivity contribution < 1.29 is 19.7 Å². The number of rotatable bonds is 3. The van der Waals surface area contributed by atoms with Crippen LogP contribution in [0.1, 0.15) is 15.9 Å². The van der Waals surface area contributed by atoms with Gasteiger partial charge in [-0.15, -0.1) is 0 Å². The molecule has 0 aliphatic carbocycles. The Morgan fingerprint density at radius 2 is 1.95 bits per heavy atom. The van der Waals surface area contributed by atoms with Crippen molar-refractivity contribution >= 4 is 28.7 Å². The second kappa shape index (κ2) is 4.99. The van der Waals surface area contributed by atoms with Gasteiger partial charge in [0, 0.05) is 5.56 Å². The number of aliphatic hydroxyl groups is 1. The van der Waals surface area contributed by atoms with Gasteiger partial charge in [0.25, 0.3) is 0 Å². The number of carboxylic acid groups (broad SMARTS) is 1. The van der Waals surface area contributed by atoms with E-state index >= 15 is 0 Å². The molecular formula is C15H14N2O4. The molecule has 0 aromatic heterocycles. The van der Waals surface area contributed by atoms with Crippen LogP contribution in [0.25, 0.3) is 0 Å². The molecule has 4 N–H and O–H groups in total. The molecule has 6 nitrogen and oxygen atoms in total. The highest BCUT2D eigenvalue weighted by molar-refractivity contribution is 6.04. The van der Waals surface area contributed by atoms with Crippen LogP contribution in [-0.4, -0.2) is 23.3 Å². The van der Waals surface area contributed by atoms with Gasteiger partial charge in [-0.3, -0.25) is 0 Å². The normalized spacial score (nSPS) is 11.7. The van der Waals surface area contributed by atoms with Crippen molar-refractivity contribution in [3.8, 4) is 5.75 Å². The molecule has 0 fully saturated rings. The number of para-hydroxylation sites is 1. The van der Waals surface area contributed by atoms with E-state index in [9.17, 15) is 15.0 Å². The second-order valence-corrected chi connectivity index (χ2v) is 4.62. The fourth-order valence-corrected chi connectivity index (χ4v) is 2.42. The number of carboxylic acids is 1. The van der Waals surface area contributed by atoms with Crippen LogP contribution in [0.15, 0.2) is 30.3 Å². The summed E-state index contributed by atoms with van der Waals surface area (Å²) in [6.45, 7) is -0.130. The van der Waals surface area contributed by atoms with Gasteiger partial charge in [-0.2, -0.15) is 0 Å². The summed E-state index contributed by atoms with van der Waals surface area (Å²) in [6.07, 6.45) is 0. The van der Waals surface area contributed by atoms with Crippen molar-refractivity contribution in [2.24, 2.45) is 0 Å². The molecule has 2 aromatic carbocycles. The molecule has 21 heavy (non-hydrogen) atoms. The van der Waals surface area contributed by atoms with E-state index < -0.39 is 5.97 Å². The van der Waals surface area contributed by atoms with Gasteiger partial charge in [0.2, 0.25) is 0 Å². The Bertz CT molecular complexity index is 728. The smallest absolute Gasteiger partial charge is 0.337 e. The quantitative estimate of drug-likeness (QED) is 0.592. The van der Waals surface area contributed by atoms with Crippen LogP contribution in [0.5, 0.6) is 5.75 Å². The predicted molar refractivity (Wildman–Crippen MR) is 78.9 cm³/mol. The zero-order valence-corrected chi connectivity index (χ0v) is 11.3. The minimum atomic E-state index is -1.01. The number of ether oxygens (including phenoxy) is 1. The molecule has 3 rings (SSSR count). The fourth-order valence-electron chi connectivity index (χ4n) is 2.42. The lowest BCUT2D eigenvalue weighted by Crippen LogP contribution is -2.13. The SMILES string of the molecule is COc1ccc(CO)c2c1Nc1c(cccc1C(=O)O)N2. The maximum atomic E-state index is 11.3. The molecule has 108 valence electrons. The summed E-state index contributed by atoms with van der Waals surface area (Å²) in [5.41, 5.74) is 3.29. The average molecular weight is 286 g/mol. The van der Waals surface area contributed by atoms with Crippen molar-refractivity contribution in [3.05, 3.63) is 41.5 Å². The molecule has 1 aliphatic rings. The molecule has 0 radical (unpaired) electrons. The number of aromatic carboxylic acids is 1. The minimum Gasteiger partial charge on any atom is -0.494 e. The van der Waals surface area contributed by atoms with Crippen LogP contribution in [0.2, 0.25) is 0 Å². The van der Waals surface area contributed by atoms with Gasteiger partial charge in [-0.05, 0) is 18.2 Å². The van der Waals surface area contributed by atoms with E-state index in [1.807, 2.05) is 0 Å². The lowest BCUT2D eigenvalue weighted by atomic mass is 10.0. The third kappa shape index (κ3) is 2.05. The Morgan fingerprint density at radius 1 is 1.14 bits per heavy atom. The van der Waals surface area contributed by atoms with Gasteiger partial charge in [0.05, 0.1) is 36.3 Å². The number of anilines is 4. The number of methoxy groups -OCH3 is 1. The van der Waals surface area contributed by atoms with Crippen molar-refractivity contribution in [2.45, 2.75) is 6.61 Å². The highest BCUT2D eigenvalue weighted by Crippen LogP contribution is 2.46. The van der Waals surface area contributed by atoms with Crippen LogP contribution in [-0.2, 0) is 6.61 Å². The van der Waals surface area contributed by atoms with Crippen LogP contribution >= 0.6 is 0 Å². The summed E-state index contributed by atoms with van der Waals surface area (Å²) in [5, 5.41) is 25.0. The highest BCUT2D eigenvalue weighted by Gasteiger charge is 2.24. The first kappa shape index (κ1) is 13.3. The second-order valence-electron chi connectivity index (χ2n) is 4.62. The Balaban J connectivity index is 2.18.